The van der Waals surface area contributed by atoms with Crippen molar-refractivity contribution in [3.05, 3.63) is 17.1 Å². The van der Waals surface area contributed by atoms with Gasteiger partial charge in [-0.1, -0.05) is 0 Å². The molecule has 0 fully saturated rings. The van der Waals surface area contributed by atoms with Gasteiger partial charge in [-0.05, 0) is 26.8 Å². The summed E-state index contributed by atoms with van der Waals surface area (Å²) in [6.45, 7) is 3.56. The second kappa shape index (κ2) is 6.18. The van der Waals surface area contributed by atoms with E-state index >= 15 is 0 Å². The van der Waals surface area contributed by atoms with Gasteiger partial charge < -0.3 is 14.9 Å². The summed E-state index contributed by atoms with van der Waals surface area (Å²) in [5.41, 5.74) is 5.23. The molecule has 0 radical (unpaired) electrons. The van der Waals surface area contributed by atoms with Crippen LogP contribution < -0.4 is 10.5 Å². The van der Waals surface area contributed by atoms with E-state index in [9.17, 15) is 13.2 Å². The third kappa shape index (κ3) is 3.34. The Balaban J connectivity index is 3.22. The van der Waals surface area contributed by atoms with Gasteiger partial charge in [-0.15, -0.1) is 0 Å². The van der Waals surface area contributed by atoms with Crippen LogP contribution in [0, 0.1) is 13.8 Å². The number of carbonyl (C=O) groups is 1. The SMILES string of the molecule is COC(=O)c1c(C)oc(C)c1S(=O)(=O)NCCCN. The van der Waals surface area contributed by atoms with Crippen LogP contribution in [0.4, 0.5) is 0 Å². The van der Waals surface area contributed by atoms with E-state index in [1.54, 1.807) is 0 Å². The number of esters is 1. The largest absolute Gasteiger partial charge is 0.465 e. The number of furan rings is 1. The summed E-state index contributed by atoms with van der Waals surface area (Å²) in [4.78, 5) is 11.5. The number of rotatable bonds is 6. The minimum atomic E-state index is -3.83. The first-order valence-electron chi connectivity index (χ1n) is 5.73. The number of hydrogen-bond acceptors (Lipinski definition) is 6. The zero-order chi connectivity index (χ0) is 14.6. The average molecular weight is 290 g/mol. The van der Waals surface area contributed by atoms with Crippen LogP contribution in [0.3, 0.4) is 0 Å². The zero-order valence-corrected chi connectivity index (χ0v) is 12.0. The van der Waals surface area contributed by atoms with Crippen molar-refractivity contribution in [1.82, 2.24) is 4.72 Å². The highest BCUT2D eigenvalue weighted by molar-refractivity contribution is 7.89. The van der Waals surface area contributed by atoms with Crippen LogP contribution in [0.1, 0.15) is 28.3 Å². The molecule has 7 nitrogen and oxygen atoms in total. The smallest absolute Gasteiger partial charge is 0.342 e. The molecule has 0 aliphatic rings. The van der Waals surface area contributed by atoms with Crippen LogP contribution in [-0.4, -0.2) is 34.6 Å². The van der Waals surface area contributed by atoms with E-state index < -0.39 is 16.0 Å². The van der Waals surface area contributed by atoms with E-state index in [1.807, 2.05) is 0 Å². The number of aryl methyl sites for hydroxylation is 2. The highest BCUT2D eigenvalue weighted by Gasteiger charge is 2.31. The van der Waals surface area contributed by atoms with Gasteiger partial charge in [0.15, 0.2) is 0 Å². The minimum absolute atomic E-state index is 0.0692. The van der Waals surface area contributed by atoms with Crippen molar-refractivity contribution in [2.45, 2.75) is 25.2 Å². The normalized spacial score (nSPS) is 11.6. The van der Waals surface area contributed by atoms with Crippen molar-refractivity contribution >= 4 is 16.0 Å². The molecular formula is C11H18N2O5S. The van der Waals surface area contributed by atoms with Gasteiger partial charge in [0.25, 0.3) is 0 Å². The summed E-state index contributed by atoms with van der Waals surface area (Å²) in [6, 6.07) is 0. The Morgan fingerprint density at radius 2 is 2.00 bits per heavy atom. The van der Waals surface area contributed by atoms with Crippen molar-refractivity contribution < 1.29 is 22.4 Å². The number of carbonyl (C=O) groups excluding carboxylic acids is 1. The third-order valence-corrected chi connectivity index (χ3v) is 4.15. The molecule has 0 unspecified atom stereocenters. The molecule has 108 valence electrons. The molecule has 0 amide bonds. The van der Waals surface area contributed by atoms with Gasteiger partial charge >= 0.3 is 5.97 Å². The van der Waals surface area contributed by atoms with E-state index in [4.69, 9.17) is 10.2 Å². The van der Waals surface area contributed by atoms with E-state index in [2.05, 4.69) is 9.46 Å². The molecule has 1 aromatic heterocycles. The van der Waals surface area contributed by atoms with Crippen molar-refractivity contribution in [3.63, 3.8) is 0 Å². The van der Waals surface area contributed by atoms with E-state index in [-0.39, 0.29) is 28.5 Å². The third-order valence-electron chi connectivity index (χ3n) is 2.54. The van der Waals surface area contributed by atoms with Crippen molar-refractivity contribution in [2.24, 2.45) is 5.73 Å². The first-order chi connectivity index (χ1) is 8.85. The van der Waals surface area contributed by atoms with Gasteiger partial charge in [0, 0.05) is 6.54 Å². The standard InChI is InChI=1S/C11H18N2O5S/c1-7-9(11(14)17-3)10(8(2)18-7)19(15,16)13-6-4-5-12/h13H,4-6,12H2,1-3H3. The molecule has 19 heavy (non-hydrogen) atoms. The molecule has 0 saturated heterocycles. The Morgan fingerprint density at radius 3 is 2.53 bits per heavy atom. The van der Waals surface area contributed by atoms with Gasteiger partial charge in [0.2, 0.25) is 10.0 Å². The molecule has 1 aromatic rings. The Kier molecular flexibility index (Phi) is 5.10. The van der Waals surface area contributed by atoms with Crippen LogP contribution in [0.2, 0.25) is 0 Å². The second-order valence-corrected chi connectivity index (χ2v) is 5.65. The molecule has 0 aliphatic carbocycles. The van der Waals surface area contributed by atoms with Gasteiger partial charge in [-0.25, -0.2) is 17.9 Å². The Hall–Kier alpha value is -1.38. The molecule has 0 aromatic carbocycles. The lowest BCUT2D eigenvalue weighted by Crippen LogP contribution is -2.28. The molecule has 3 N–H and O–H groups in total. The lowest BCUT2D eigenvalue weighted by atomic mass is 10.2. The van der Waals surface area contributed by atoms with E-state index in [0.29, 0.717) is 13.0 Å². The molecule has 0 bridgehead atoms. The summed E-state index contributed by atoms with van der Waals surface area (Å²) < 4.78 is 36.5. The monoisotopic (exact) mass is 290 g/mol. The predicted octanol–water partition coefficient (Wildman–Crippen LogP) is 0.310. The number of sulfonamides is 1. The zero-order valence-electron chi connectivity index (χ0n) is 11.1. The fraction of sp³-hybridized carbons (Fsp3) is 0.545. The van der Waals surface area contributed by atoms with Crippen LogP contribution in [-0.2, 0) is 14.8 Å². The van der Waals surface area contributed by atoms with Gasteiger partial charge in [-0.3, -0.25) is 0 Å². The molecule has 8 heteroatoms. The van der Waals surface area contributed by atoms with Crippen LogP contribution in [0.5, 0.6) is 0 Å². The Labute approximate surface area is 112 Å². The first-order valence-corrected chi connectivity index (χ1v) is 7.21. The molecular weight excluding hydrogens is 272 g/mol. The number of methoxy groups -OCH3 is 1. The summed E-state index contributed by atoms with van der Waals surface area (Å²) in [6.07, 6.45) is 0.503. The number of hydrogen-bond donors (Lipinski definition) is 2. The summed E-state index contributed by atoms with van der Waals surface area (Å²) in [5.74, 6) is -0.379. The summed E-state index contributed by atoms with van der Waals surface area (Å²) >= 11 is 0. The van der Waals surface area contributed by atoms with Gasteiger partial charge in [0.1, 0.15) is 22.0 Å². The fourth-order valence-corrected chi connectivity index (χ4v) is 3.18. The highest BCUT2D eigenvalue weighted by Crippen LogP contribution is 2.27. The molecule has 0 atom stereocenters. The maximum Gasteiger partial charge on any atom is 0.342 e. The van der Waals surface area contributed by atoms with Crippen LogP contribution in [0.15, 0.2) is 9.31 Å². The fourth-order valence-electron chi connectivity index (χ4n) is 1.71. The van der Waals surface area contributed by atoms with Crippen molar-refractivity contribution in [2.75, 3.05) is 20.2 Å². The first kappa shape index (κ1) is 15.7. The van der Waals surface area contributed by atoms with Crippen LogP contribution >= 0.6 is 0 Å². The lowest BCUT2D eigenvalue weighted by Gasteiger charge is -2.07. The minimum Gasteiger partial charge on any atom is -0.465 e. The van der Waals surface area contributed by atoms with E-state index in [1.165, 1.54) is 21.0 Å². The Bertz CT molecular complexity index is 562. The maximum atomic E-state index is 12.2. The number of nitrogens with one attached hydrogen (secondary N) is 1. The summed E-state index contributed by atoms with van der Waals surface area (Å²) in [5, 5.41) is 0. The quantitative estimate of drug-likeness (QED) is 0.576. The molecule has 0 saturated carbocycles. The lowest BCUT2D eigenvalue weighted by molar-refractivity contribution is 0.0595. The Morgan fingerprint density at radius 1 is 1.37 bits per heavy atom. The number of nitrogens with two attached hydrogens (primary N) is 1. The molecule has 0 spiro atoms. The second-order valence-electron chi connectivity index (χ2n) is 3.95. The topological polar surface area (TPSA) is 112 Å². The predicted molar refractivity (Wildman–Crippen MR) is 68.4 cm³/mol. The summed E-state index contributed by atoms with van der Waals surface area (Å²) in [7, 11) is -2.65. The average Bonchev–Trinajstić information content (AvgIpc) is 2.64. The molecule has 1 rings (SSSR count). The highest BCUT2D eigenvalue weighted by atomic mass is 32.2. The molecule has 0 aliphatic heterocycles. The van der Waals surface area contributed by atoms with Crippen molar-refractivity contribution in [1.29, 1.82) is 0 Å². The van der Waals surface area contributed by atoms with Crippen LogP contribution in [0.25, 0.3) is 0 Å². The van der Waals surface area contributed by atoms with E-state index in [0.717, 1.165) is 0 Å². The maximum absolute atomic E-state index is 12.2. The van der Waals surface area contributed by atoms with Gasteiger partial charge in [0.05, 0.1) is 7.11 Å². The van der Waals surface area contributed by atoms with Crippen molar-refractivity contribution in [3.8, 4) is 0 Å². The number of ether oxygens (including phenoxy) is 1. The molecule has 1 heterocycles. The van der Waals surface area contributed by atoms with Gasteiger partial charge in [-0.2, -0.15) is 0 Å².